The van der Waals surface area contributed by atoms with E-state index in [4.69, 9.17) is 110 Å². The number of benzene rings is 5. The number of methoxy groups -OCH3 is 5. The lowest BCUT2D eigenvalue weighted by Gasteiger charge is -2.13. The summed E-state index contributed by atoms with van der Waals surface area (Å²) in [6.07, 6.45) is 17.9. The zero-order valence-electron chi connectivity index (χ0n) is 81.1. The van der Waals surface area contributed by atoms with Crippen molar-refractivity contribution in [1.29, 1.82) is 10.5 Å². The first kappa shape index (κ1) is 128. The van der Waals surface area contributed by atoms with E-state index in [0.717, 1.165) is 45.1 Å². The first-order chi connectivity index (χ1) is 69.0. The Bertz CT molecular complexity index is 6350. The van der Waals surface area contributed by atoms with Gasteiger partial charge in [0, 0.05) is 156 Å². The first-order valence-corrected chi connectivity index (χ1v) is 47.1. The lowest BCUT2D eigenvalue weighted by atomic mass is 10.0. The normalized spacial score (nSPS) is 10.7. The number of allylic oxidation sites excluding steroid dienone is 1. The molecule has 0 bridgehead atoms. The summed E-state index contributed by atoms with van der Waals surface area (Å²) < 4.78 is 103. The molecule has 44 nitrogen and oxygen atoms in total. The second-order valence-corrected chi connectivity index (χ2v) is 32.2. The SMILES string of the molecule is C=CC#N.C=CCOCCO.COCCn1cc(C(=O)O)c(=O)c2cc(/C=C/COCCO)ccc21.COCCn1cc(C(=O)O)c(=O)c2cc(CCCOCCO)ccc21.COCCn1cc(C(=O)O)c(=O)c2cc(CCCOCCOCCC#N)ccc21.COCCn1cc(C(=O)O)c(=O)c2cc(CCCOCCOCCC(=O)O)ccc21.COCCn1cc(C(=O)O)c(=O)c2cc(I)ccc21.O.O=S(=O)(O)O. The number of hydrogen-bond acceptors (Lipinski definition) is 30. The quantitative estimate of drug-likeness (QED) is 0.00565. The predicted octanol–water partition coefficient (Wildman–Crippen LogP) is 8.02. The summed E-state index contributed by atoms with van der Waals surface area (Å²) in [5.74, 6) is -7.09. The Labute approximate surface area is 847 Å². The fourth-order valence-electron chi connectivity index (χ4n) is 13.2. The minimum absolute atomic E-state index is 0. The van der Waals surface area contributed by atoms with Gasteiger partial charge in [-0.2, -0.15) is 18.9 Å². The van der Waals surface area contributed by atoms with Gasteiger partial charge in [-0.1, -0.05) is 49.1 Å². The smallest absolute Gasteiger partial charge is 0.394 e. The molecular formula is C99H126IN7O37S. The van der Waals surface area contributed by atoms with Crippen LogP contribution in [0.3, 0.4) is 0 Å². The number of carboxylic acids is 6. The maximum absolute atomic E-state index is 12.6. The minimum Gasteiger partial charge on any atom is -0.481 e. The second kappa shape index (κ2) is 73.2. The summed E-state index contributed by atoms with van der Waals surface area (Å²) in [5, 5.41) is 98.1. The third-order valence-electron chi connectivity index (χ3n) is 19.8. The van der Waals surface area contributed by atoms with Gasteiger partial charge in [0.15, 0.2) is 0 Å². The van der Waals surface area contributed by atoms with Crippen molar-refractivity contribution in [1.82, 2.24) is 22.8 Å². The molecule has 0 amide bonds. The lowest BCUT2D eigenvalue weighted by Crippen LogP contribution is -2.20. The standard InChI is InChI=1S/C21H26N2O6.C21H27NO8.C18H23NO6.C18H21NO6.C13H12INO4.C5H10O2.C3H3N.H2O4S.H2O/c1-27-11-8-23-15-18(21(25)26)20(24)17-14-16(5-6-19(17)23)4-2-9-28-12-13-29-10-3-7-22;1-28-10-7-22-14-17(21(26)27)20(25)16-13-15(4-5-18(16)22)3-2-8-29-11-12-30-9-6-19(23)24;2*1-24-9-6-19-12-15(18(22)23)17(21)14-11-13(4-5-16(14)19)3-2-8-25-10-7-20;1-19-5-4-15-7-10(13(17)18)12(16)9-6-8(14)2-3-11(9)15;1-2-4-7-5-3-6;1-2-3-4;1-5(2,3)4;/h5-6,14-15H,2-4,8-13H2,1H3,(H,25,26);4-5,13-14H,2-3,6-12H2,1H3,(H,23,24)(H,26,27);4-5,11-12,20H,2-3,6-10H2,1H3,(H,22,23);2-5,11-12,20H,6-10H2,1H3,(H,22,23);2-3,6-7H,4-5H2,1H3,(H,17,18);2,6H,1,3-5H2;2H,1H2;(H2,1,2,3,4);1H2/b;;;3-2+;;;;;. The summed E-state index contributed by atoms with van der Waals surface area (Å²) in [6.45, 7) is 16.6. The van der Waals surface area contributed by atoms with E-state index >= 15 is 0 Å². The molecule has 10 aromatic rings. The monoisotopic (exact) mass is 2160 g/mol. The molecule has 0 aliphatic heterocycles. The van der Waals surface area contributed by atoms with Crippen LogP contribution in [0.25, 0.3) is 60.6 Å². The van der Waals surface area contributed by atoms with Crippen LogP contribution in [0.1, 0.15) is 106 Å². The van der Waals surface area contributed by atoms with Gasteiger partial charge < -0.3 is 131 Å². The molecule has 792 valence electrons. The molecule has 0 radical (unpaired) electrons. The fourth-order valence-corrected chi connectivity index (χ4v) is 13.7. The average Bonchev–Trinajstić information content (AvgIpc) is 0.800. The molecule has 0 saturated heterocycles. The van der Waals surface area contributed by atoms with Crippen molar-refractivity contribution in [3.63, 3.8) is 0 Å². The number of aromatic carboxylic acids is 5. The summed E-state index contributed by atoms with van der Waals surface area (Å²) in [6, 6.07) is 30.9. The molecule has 0 saturated carbocycles. The number of aliphatic carboxylic acids is 1. The van der Waals surface area contributed by atoms with E-state index in [1.807, 2.05) is 60.7 Å². The van der Waals surface area contributed by atoms with Crippen molar-refractivity contribution in [3.8, 4) is 12.1 Å². The molecule has 0 unspecified atom stereocenters. The number of hydrogen-bond donors (Lipinski definition) is 11. The summed E-state index contributed by atoms with van der Waals surface area (Å²) >= 11 is 2.09. The van der Waals surface area contributed by atoms with Gasteiger partial charge in [-0.15, -0.1) is 6.58 Å². The molecule has 0 aliphatic rings. The molecule has 46 heteroatoms. The van der Waals surface area contributed by atoms with Gasteiger partial charge in [-0.3, -0.25) is 37.9 Å². The highest BCUT2D eigenvalue weighted by molar-refractivity contribution is 14.1. The summed E-state index contributed by atoms with van der Waals surface area (Å²) in [4.78, 5) is 129. The molecule has 145 heavy (non-hydrogen) atoms. The third-order valence-corrected chi connectivity index (χ3v) is 20.5. The van der Waals surface area contributed by atoms with Gasteiger partial charge in [0.05, 0.1) is 178 Å². The number of rotatable bonds is 54. The number of nitriles is 2. The van der Waals surface area contributed by atoms with Gasteiger partial charge in [0.1, 0.15) is 27.8 Å². The van der Waals surface area contributed by atoms with Crippen molar-refractivity contribution >= 4 is 129 Å². The molecule has 0 aliphatic carbocycles. The number of aryl methyl sites for hydroxylation is 3. The number of halogens is 1. The molecular weight excluding hydrogens is 2040 g/mol. The Kier molecular flexibility index (Phi) is 64.7. The largest absolute Gasteiger partial charge is 0.481 e. The van der Waals surface area contributed by atoms with Crippen LogP contribution in [0.4, 0.5) is 0 Å². The number of aliphatic hydroxyl groups is 3. The first-order valence-electron chi connectivity index (χ1n) is 44.6. The van der Waals surface area contributed by atoms with Crippen molar-refractivity contribution < 1.29 is 155 Å². The van der Waals surface area contributed by atoms with Crippen LogP contribution >= 0.6 is 22.6 Å². The van der Waals surface area contributed by atoms with E-state index < -0.39 is 73.4 Å². The predicted molar refractivity (Wildman–Crippen MR) is 545 cm³/mol. The van der Waals surface area contributed by atoms with E-state index in [9.17, 15) is 73.2 Å². The molecule has 0 spiro atoms. The van der Waals surface area contributed by atoms with Gasteiger partial charge >= 0.3 is 46.2 Å². The molecule has 0 atom stereocenters. The van der Waals surface area contributed by atoms with Crippen LogP contribution in [0.15, 0.2) is 177 Å². The van der Waals surface area contributed by atoms with Crippen molar-refractivity contribution in [3.05, 3.63) is 258 Å². The fraction of sp³-hybridized carbons (Fsp3) is 0.404. The number of carboxylic acid groups (broad SMARTS) is 6. The Balaban J connectivity index is 0.000000591. The van der Waals surface area contributed by atoms with Crippen LogP contribution in [0, 0.1) is 26.2 Å². The molecule has 0 fully saturated rings. The summed E-state index contributed by atoms with van der Waals surface area (Å²) in [7, 11) is 3.17. The van der Waals surface area contributed by atoms with Crippen LogP contribution in [0.2, 0.25) is 0 Å². The minimum atomic E-state index is -4.67. The number of fused-ring (bicyclic) bond motifs is 5. The number of pyridine rings is 5. The van der Waals surface area contributed by atoms with Gasteiger partial charge in [-0.05, 0) is 150 Å². The number of nitrogens with zero attached hydrogens (tertiary/aromatic N) is 7. The summed E-state index contributed by atoms with van der Waals surface area (Å²) in [5.41, 5.74) is 3.33. The van der Waals surface area contributed by atoms with Gasteiger partial charge in [-0.25, -0.2) is 24.0 Å². The van der Waals surface area contributed by atoms with Crippen LogP contribution in [0.5, 0.6) is 0 Å². The molecule has 13 N–H and O–H groups in total. The lowest BCUT2D eigenvalue weighted by molar-refractivity contribution is -0.138. The van der Waals surface area contributed by atoms with Crippen LogP contribution in [-0.2, 0) is 124 Å². The van der Waals surface area contributed by atoms with E-state index in [-0.39, 0.29) is 72.7 Å². The van der Waals surface area contributed by atoms with Crippen molar-refractivity contribution in [2.24, 2.45) is 0 Å². The highest BCUT2D eigenvalue weighted by Gasteiger charge is 2.22. The number of carbonyl (C=O) groups is 6. The number of aliphatic hydroxyl groups excluding tert-OH is 3. The maximum atomic E-state index is 12.6. The van der Waals surface area contributed by atoms with Crippen molar-refractivity contribution in [2.45, 2.75) is 84.1 Å². The molecule has 5 heterocycles. The average molecular weight is 2170 g/mol. The van der Waals surface area contributed by atoms with E-state index in [2.05, 4.69) is 35.7 Å². The Morgan fingerprint density at radius 3 is 0.952 bits per heavy atom. The number of aromatic nitrogens is 5. The van der Waals surface area contributed by atoms with E-state index in [0.29, 0.717) is 225 Å². The van der Waals surface area contributed by atoms with Crippen molar-refractivity contribution in [2.75, 3.05) is 181 Å². The Morgan fingerprint density at radius 2 is 0.662 bits per heavy atom. The molecule has 5 aromatic carbocycles. The highest BCUT2D eigenvalue weighted by Crippen LogP contribution is 2.23. The Hall–Kier alpha value is -12.9. The van der Waals surface area contributed by atoms with Gasteiger partial charge in [0.2, 0.25) is 27.1 Å². The zero-order valence-corrected chi connectivity index (χ0v) is 84.0. The van der Waals surface area contributed by atoms with Crippen LogP contribution < -0.4 is 27.1 Å². The number of ether oxygens (including phenoxy) is 12. The third kappa shape index (κ3) is 47.7. The zero-order chi connectivity index (χ0) is 107. The van der Waals surface area contributed by atoms with E-state index in [1.54, 1.807) is 119 Å². The maximum Gasteiger partial charge on any atom is 0.394 e. The Morgan fingerprint density at radius 1 is 0.386 bits per heavy atom. The molecule has 10 rings (SSSR count). The topological polar surface area (TPSA) is 659 Å². The second-order valence-electron chi connectivity index (χ2n) is 30.0. The van der Waals surface area contributed by atoms with Gasteiger partial charge in [0.25, 0.3) is 0 Å². The van der Waals surface area contributed by atoms with E-state index in [1.165, 1.54) is 37.1 Å². The highest BCUT2D eigenvalue weighted by atomic mass is 127. The van der Waals surface area contributed by atoms with Crippen LogP contribution in [-0.4, -0.2) is 309 Å². The molecule has 5 aromatic heterocycles.